The molecule has 7 heteroatoms. The molecule has 1 fully saturated rings. The number of piperazine rings is 1. The molecule has 0 radical (unpaired) electrons. The first-order chi connectivity index (χ1) is 13.5. The fourth-order valence-corrected chi connectivity index (χ4v) is 3.98. The second kappa shape index (κ2) is 7.14. The Morgan fingerprint density at radius 2 is 1.75 bits per heavy atom. The van der Waals surface area contributed by atoms with Gasteiger partial charge >= 0.3 is 0 Å². The van der Waals surface area contributed by atoms with Crippen molar-refractivity contribution in [2.75, 3.05) is 31.1 Å². The minimum atomic E-state index is -0.546. The van der Waals surface area contributed by atoms with Crippen molar-refractivity contribution in [1.29, 1.82) is 0 Å². The van der Waals surface area contributed by atoms with Crippen LogP contribution >= 0.6 is 0 Å². The van der Waals surface area contributed by atoms with Gasteiger partial charge in [0.25, 0.3) is 5.56 Å². The van der Waals surface area contributed by atoms with E-state index < -0.39 is 6.04 Å². The van der Waals surface area contributed by atoms with Gasteiger partial charge in [0.05, 0.1) is 5.69 Å². The van der Waals surface area contributed by atoms with E-state index in [-0.39, 0.29) is 11.5 Å². The first-order valence-corrected chi connectivity index (χ1v) is 9.60. The molecule has 1 aliphatic heterocycles. The standard InChI is InChI=1S/C21H25N5O2/c1-15-18-9-10-26(21(28)19(18)23(3)22-15)16(2)20(27)25-13-11-24(12-14-25)17-7-5-4-6-8-17/h4-10,16H,11-14H2,1-3H3. The second-order valence-electron chi connectivity index (χ2n) is 7.32. The summed E-state index contributed by atoms with van der Waals surface area (Å²) >= 11 is 0. The molecule has 3 heterocycles. The molecule has 1 atom stereocenters. The average Bonchev–Trinajstić information content (AvgIpc) is 3.02. The lowest BCUT2D eigenvalue weighted by atomic mass is 10.2. The number of aromatic nitrogens is 3. The molecular weight excluding hydrogens is 354 g/mol. The maximum absolute atomic E-state index is 13.0. The van der Waals surface area contributed by atoms with Crippen molar-refractivity contribution in [3.63, 3.8) is 0 Å². The predicted molar refractivity (Wildman–Crippen MR) is 110 cm³/mol. The van der Waals surface area contributed by atoms with Gasteiger partial charge in [-0.15, -0.1) is 0 Å². The fourth-order valence-electron chi connectivity index (χ4n) is 3.98. The smallest absolute Gasteiger partial charge is 0.277 e. The Balaban J connectivity index is 1.51. The van der Waals surface area contributed by atoms with E-state index in [0.29, 0.717) is 18.6 Å². The van der Waals surface area contributed by atoms with Gasteiger partial charge in [-0.1, -0.05) is 18.2 Å². The first-order valence-electron chi connectivity index (χ1n) is 9.60. The van der Waals surface area contributed by atoms with Crippen LogP contribution < -0.4 is 10.5 Å². The molecule has 0 saturated carbocycles. The Kier molecular flexibility index (Phi) is 4.66. The van der Waals surface area contributed by atoms with Gasteiger partial charge in [-0.3, -0.25) is 14.3 Å². The number of hydrogen-bond acceptors (Lipinski definition) is 4. The van der Waals surface area contributed by atoms with Crippen molar-refractivity contribution in [3.05, 3.63) is 58.6 Å². The van der Waals surface area contributed by atoms with E-state index >= 15 is 0 Å². The number of benzene rings is 1. The summed E-state index contributed by atoms with van der Waals surface area (Å²) in [5.74, 6) is -0.0203. The van der Waals surface area contributed by atoms with Crippen LogP contribution in [0, 0.1) is 6.92 Å². The van der Waals surface area contributed by atoms with Crippen molar-refractivity contribution in [3.8, 4) is 0 Å². The molecule has 3 aromatic rings. The van der Waals surface area contributed by atoms with Crippen LogP contribution in [-0.2, 0) is 11.8 Å². The highest BCUT2D eigenvalue weighted by atomic mass is 16.2. The highest BCUT2D eigenvalue weighted by Crippen LogP contribution is 2.19. The summed E-state index contributed by atoms with van der Waals surface area (Å²) in [4.78, 5) is 30.1. The minimum Gasteiger partial charge on any atom is -0.368 e. The van der Waals surface area contributed by atoms with E-state index in [1.807, 2.05) is 36.1 Å². The Morgan fingerprint density at radius 3 is 2.43 bits per heavy atom. The zero-order chi connectivity index (χ0) is 19.8. The summed E-state index contributed by atoms with van der Waals surface area (Å²) < 4.78 is 3.12. The molecule has 1 amide bonds. The van der Waals surface area contributed by atoms with Crippen LogP contribution in [0.4, 0.5) is 5.69 Å². The van der Waals surface area contributed by atoms with E-state index in [4.69, 9.17) is 0 Å². The van der Waals surface area contributed by atoms with Gasteiger partial charge < -0.3 is 14.4 Å². The van der Waals surface area contributed by atoms with Gasteiger partial charge in [0.15, 0.2) is 0 Å². The third kappa shape index (κ3) is 3.06. The van der Waals surface area contributed by atoms with E-state index in [2.05, 4.69) is 22.1 Å². The van der Waals surface area contributed by atoms with Crippen LogP contribution in [0.1, 0.15) is 18.7 Å². The van der Waals surface area contributed by atoms with Gasteiger partial charge in [-0.2, -0.15) is 5.10 Å². The number of para-hydroxylation sites is 1. The number of aryl methyl sites for hydroxylation is 2. The van der Waals surface area contributed by atoms with E-state index in [9.17, 15) is 9.59 Å². The van der Waals surface area contributed by atoms with Gasteiger partial charge in [0, 0.05) is 50.5 Å². The van der Waals surface area contributed by atoms with Crippen LogP contribution in [0.2, 0.25) is 0 Å². The van der Waals surface area contributed by atoms with Crippen LogP contribution in [0.5, 0.6) is 0 Å². The molecule has 28 heavy (non-hydrogen) atoms. The second-order valence-corrected chi connectivity index (χ2v) is 7.32. The van der Waals surface area contributed by atoms with Gasteiger partial charge in [0.2, 0.25) is 5.91 Å². The van der Waals surface area contributed by atoms with Crippen molar-refractivity contribution < 1.29 is 4.79 Å². The summed E-state index contributed by atoms with van der Waals surface area (Å²) in [6.45, 7) is 6.56. The van der Waals surface area contributed by atoms with Gasteiger partial charge in [-0.25, -0.2) is 0 Å². The molecule has 146 valence electrons. The van der Waals surface area contributed by atoms with Crippen molar-refractivity contribution >= 4 is 22.5 Å². The van der Waals surface area contributed by atoms with Crippen molar-refractivity contribution in [2.45, 2.75) is 19.9 Å². The Bertz CT molecular complexity index is 1060. The zero-order valence-electron chi connectivity index (χ0n) is 16.5. The third-order valence-electron chi connectivity index (χ3n) is 5.59. The number of rotatable bonds is 3. The van der Waals surface area contributed by atoms with E-state index in [1.54, 1.807) is 24.9 Å². The fraction of sp³-hybridized carbons (Fsp3) is 0.381. The molecule has 1 aliphatic rings. The lowest BCUT2D eigenvalue weighted by Crippen LogP contribution is -2.51. The summed E-state index contributed by atoms with van der Waals surface area (Å²) in [5.41, 5.74) is 2.35. The summed E-state index contributed by atoms with van der Waals surface area (Å²) in [6, 6.07) is 11.6. The van der Waals surface area contributed by atoms with Crippen molar-refractivity contribution in [2.24, 2.45) is 7.05 Å². The Morgan fingerprint density at radius 1 is 1.07 bits per heavy atom. The topological polar surface area (TPSA) is 63.4 Å². The molecule has 4 rings (SSSR count). The van der Waals surface area contributed by atoms with Crippen molar-refractivity contribution in [1.82, 2.24) is 19.2 Å². The van der Waals surface area contributed by atoms with Crippen LogP contribution in [0.25, 0.3) is 10.9 Å². The number of amides is 1. The highest BCUT2D eigenvalue weighted by Gasteiger charge is 2.27. The lowest BCUT2D eigenvalue weighted by molar-refractivity contribution is -0.134. The first kappa shape index (κ1) is 18.3. The molecule has 1 saturated heterocycles. The Hall–Kier alpha value is -3.09. The van der Waals surface area contributed by atoms with Crippen LogP contribution in [0.3, 0.4) is 0 Å². The molecule has 2 aromatic heterocycles. The van der Waals surface area contributed by atoms with Gasteiger partial charge in [-0.05, 0) is 32.0 Å². The summed E-state index contributed by atoms with van der Waals surface area (Å²) in [6.07, 6.45) is 1.71. The summed E-state index contributed by atoms with van der Waals surface area (Å²) in [5, 5.41) is 5.16. The molecule has 0 bridgehead atoms. The summed E-state index contributed by atoms with van der Waals surface area (Å²) in [7, 11) is 1.76. The minimum absolute atomic E-state index is 0.0203. The Labute approximate surface area is 163 Å². The molecule has 1 aromatic carbocycles. The third-order valence-corrected chi connectivity index (χ3v) is 5.59. The monoisotopic (exact) mass is 379 g/mol. The van der Waals surface area contributed by atoms with Gasteiger partial charge in [0.1, 0.15) is 11.6 Å². The number of pyridine rings is 1. The zero-order valence-corrected chi connectivity index (χ0v) is 16.5. The lowest BCUT2D eigenvalue weighted by Gasteiger charge is -2.37. The molecule has 0 aliphatic carbocycles. The van der Waals surface area contributed by atoms with E-state index in [1.165, 1.54) is 10.3 Å². The predicted octanol–water partition coefficient (Wildman–Crippen LogP) is 1.95. The molecular formula is C21H25N5O2. The normalized spacial score (nSPS) is 15.8. The molecule has 0 spiro atoms. The van der Waals surface area contributed by atoms with E-state index in [0.717, 1.165) is 24.2 Å². The number of anilines is 1. The van der Waals surface area contributed by atoms with Crippen LogP contribution in [-0.4, -0.2) is 51.3 Å². The number of carbonyl (C=O) groups excluding carboxylic acids is 1. The highest BCUT2D eigenvalue weighted by molar-refractivity contribution is 5.83. The SMILES string of the molecule is Cc1nn(C)c2c(=O)n(C(C)C(=O)N3CCN(c4ccccc4)CC3)ccc12. The average molecular weight is 379 g/mol. The molecule has 7 nitrogen and oxygen atoms in total. The number of carbonyl (C=O) groups is 1. The number of fused-ring (bicyclic) bond motifs is 1. The largest absolute Gasteiger partial charge is 0.368 e. The quantitative estimate of drug-likeness (QED) is 0.698. The number of hydrogen-bond donors (Lipinski definition) is 0. The maximum Gasteiger partial charge on any atom is 0.277 e. The maximum atomic E-state index is 13.0. The molecule has 1 unspecified atom stereocenters. The number of nitrogens with zero attached hydrogens (tertiary/aromatic N) is 5. The molecule has 0 N–H and O–H groups in total. The van der Waals surface area contributed by atoms with Crippen LogP contribution in [0.15, 0.2) is 47.4 Å².